The second-order valence-electron chi connectivity index (χ2n) is 4.25. The molecule has 15 heavy (non-hydrogen) atoms. The molecule has 2 N–H and O–H groups in total. The topological polar surface area (TPSA) is 35.5 Å². The molecule has 0 aromatic carbocycles. The van der Waals surface area contributed by atoms with Gasteiger partial charge in [-0.3, -0.25) is 4.90 Å². The predicted octanol–water partition coefficient (Wildman–Crippen LogP) is 1.24. The molecule has 0 aliphatic rings. The van der Waals surface area contributed by atoms with Gasteiger partial charge in [0.1, 0.15) is 0 Å². The lowest BCUT2D eigenvalue weighted by molar-refractivity contribution is 0.166. The summed E-state index contributed by atoms with van der Waals surface area (Å²) in [6.45, 7) is 13.1. The van der Waals surface area contributed by atoms with Crippen molar-refractivity contribution in [1.29, 1.82) is 0 Å². The zero-order valence-electron chi connectivity index (χ0n) is 10.4. The third-order valence-corrected chi connectivity index (χ3v) is 2.49. The monoisotopic (exact) mass is 214 g/mol. The SMILES string of the molecule is C=CCN(CCO)C(C)CCNC(C)C. The average molecular weight is 214 g/mol. The van der Waals surface area contributed by atoms with Crippen molar-refractivity contribution in [1.82, 2.24) is 10.2 Å². The average Bonchev–Trinajstić information content (AvgIpc) is 2.16. The van der Waals surface area contributed by atoms with E-state index in [1.807, 2.05) is 6.08 Å². The first-order chi connectivity index (χ1) is 7.11. The Bertz CT molecular complexity index is 160. The molecule has 0 aliphatic carbocycles. The molecule has 0 aliphatic heterocycles. The minimum absolute atomic E-state index is 0.218. The van der Waals surface area contributed by atoms with Crippen LogP contribution < -0.4 is 5.32 Å². The zero-order chi connectivity index (χ0) is 11.7. The highest BCUT2D eigenvalue weighted by molar-refractivity contribution is 4.77. The number of nitrogens with one attached hydrogen (secondary N) is 1. The van der Waals surface area contributed by atoms with Gasteiger partial charge in [0.25, 0.3) is 0 Å². The van der Waals surface area contributed by atoms with Crippen LogP contribution in [0.25, 0.3) is 0 Å². The van der Waals surface area contributed by atoms with E-state index in [0.29, 0.717) is 12.1 Å². The molecular formula is C12H26N2O. The molecule has 0 spiro atoms. The van der Waals surface area contributed by atoms with E-state index in [9.17, 15) is 0 Å². The summed E-state index contributed by atoms with van der Waals surface area (Å²) in [5.74, 6) is 0. The highest BCUT2D eigenvalue weighted by atomic mass is 16.3. The second kappa shape index (κ2) is 8.89. The van der Waals surface area contributed by atoms with Crippen molar-refractivity contribution in [2.45, 2.75) is 39.3 Å². The Morgan fingerprint density at radius 1 is 1.40 bits per heavy atom. The molecule has 1 atom stereocenters. The molecule has 0 saturated heterocycles. The minimum atomic E-state index is 0.218. The maximum Gasteiger partial charge on any atom is 0.0558 e. The summed E-state index contributed by atoms with van der Waals surface area (Å²) >= 11 is 0. The van der Waals surface area contributed by atoms with E-state index in [1.54, 1.807) is 0 Å². The lowest BCUT2D eigenvalue weighted by Crippen LogP contribution is -2.38. The van der Waals surface area contributed by atoms with E-state index in [1.165, 1.54) is 0 Å². The van der Waals surface area contributed by atoms with Crippen molar-refractivity contribution in [3.8, 4) is 0 Å². The van der Waals surface area contributed by atoms with Gasteiger partial charge in [-0.15, -0.1) is 6.58 Å². The molecule has 0 aromatic rings. The molecule has 0 aromatic heterocycles. The highest BCUT2D eigenvalue weighted by Gasteiger charge is 2.11. The molecule has 0 fully saturated rings. The maximum atomic E-state index is 8.93. The van der Waals surface area contributed by atoms with Gasteiger partial charge in [0.05, 0.1) is 6.61 Å². The van der Waals surface area contributed by atoms with Gasteiger partial charge in [-0.2, -0.15) is 0 Å². The van der Waals surface area contributed by atoms with E-state index in [2.05, 4.69) is 37.6 Å². The van der Waals surface area contributed by atoms with Crippen LogP contribution in [0.2, 0.25) is 0 Å². The van der Waals surface area contributed by atoms with Crippen LogP contribution >= 0.6 is 0 Å². The number of hydrogen-bond donors (Lipinski definition) is 2. The largest absolute Gasteiger partial charge is 0.395 e. The Labute approximate surface area is 94.2 Å². The van der Waals surface area contributed by atoms with E-state index in [4.69, 9.17) is 5.11 Å². The van der Waals surface area contributed by atoms with Crippen LogP contribution in [0.1, 0.15) is 27.2 Å². The maximum absolute atomic E-state index is 8.93. The highest BCUT2D eigenvalue weighted by Crippen LogP contribution is 2.02. The van der Waals surface area contributed by atoms with Crippen molar-refractivity contribution >= 4 is 0 Å². The summed E-state index contributed by atoms with van der Waals surface area (Å²) in [7, 11) is 0. The summed E-state index contributed by atoms with van der Waals surface area (Å²) in [6, 6.07) is 1.03. The standard InChI is InChI=1S/C12H26N2O/c1-5-8-14(9-10-15)12(4)6-7-13-11(2)3/h5,11-13,15H,1,6-10H2,2-4H3. The van der Waals surface area contributed by atoms with Crippen molar-refractivity contribution in [2.75, 3.05) is 26.2 Å². The summed E-state index contributed by atoms with van der Waals surface area (Å²) in [5.41, 5.74) is 0. The van der Waals surface area contributed by atoms with Gasteiger partial charge in [0, 0.05) is 25.2 Å². The molecule has 0 radical (unpaired) electrons. The van der Waals surface area contributed by atoms with E-state index < -0.39 is 0 Å². The van der Waals surface area contributed by atoms with Gasteiger partial charge >= 0.3 is 0 Å². The Morgan fingerprint density at radius 3 is 2.53 bits per heavy atom. The first-order valence-corrected chi connectivity index (χ1v) is 5.81. The summed E-state index contributed by atoms with van der Waals surface area (Å²) in [6.07, 6.45) is 2.99. The van der Waals surface area contributed by atoms with Crippen LogP contribution in [-0.2, 0) is 0 Å². The van der Waals surface area contributed by atoms with Crippen molar-refractivity contribution in [2.24, 2.45) is 0 Å². The van der Waals surface area contributed by atoms with Gasteiger partial charge in [0.15, 0.2) is 0 Å². The zero-order valence-corrected chi connectivity index (χ0v) is 10.4. The number of aliphatic hydroxyl groups is 1. The fraction of sp³-hybridized carbons (Fsp3) is 0.833. The molecule has 0 saturated carbocycles. The third kappa shape index (κ3) is 7.54. The van der Waals surface area contributed by atoms with Crippen molar-refractivity contribution < 1.29 is 5.11 Å². The number of hydrogen-bond acceptors (Lipinski definition) is 3. The number of rotatable bonds is 9. The first kappa shape index (κ1) is 14.6. The molecule has 0 rings (SSSR count). The molecule has 0 heterocycles. The Hall–Kier alpha value is -0.380. The van der Waals surface area contributed by atoms with Crippen LogP contribution in [0.4, 0.5) is 0 Å². The van der Waals surface area contributed by atoms with E-state index in [-0.39, 0.29) is 6.61 Å². The van der Waals surface area contributed by atoms with E-state index in [0.717, 1.165) is 26.1 Å². The Kier molecular flexibility index (Phi) is 8.67. The van der Waals surface area contributed by atoms with Crippen LogP contribution in [0, 0.1) is 0 Å². The summed E-state index contributed by atoms with van der Waals surface area (Å²) in [5, 5.41) is 12.3. The number of aliphatic hydroxyl groups excluding tert-OH is 1. The molecule has 1 unspecified atom stereocenters. The van der Waals surface area contributed by atoms with Crippen LogP contribution in [0.5, 0.6) is 0 Å². The summed E-state index contributed by atoms with van der Waals surface area (Å²) < 4.78 is 0. The molecule has 3 nitrogen and oxygen atoms in total. The summed E-state index contributed by atoms with van der Waals surface area (Å²) in [4.78, 5) is 2.25. The van der Waals surface area contributed by atoms with Crippen LogP contribution in [0.3, 0.4) is 0 Å². The lowest BCUT2D eigenvalue weighted by atomic mass is 10.2. The van der Waals surface area contributed by atoms with Crippen molar-refractivity contribution in [3.63, 3.8) is 0 Å². The van der Waals surface area contributed by atoms with Gasteiger partial charge in [0.2, 0.25) is 0 Å². The molecule has 0 bridgehead atoms. The Morgan fingerprint density at radius 2 is 2.07 bits per heavy atom. The van der Waals surface area contributed by atoms with Crippen LogP contribution in [0.15, 0.2) is 12.7 Å². The molecule has 3 heteroatoms. The lowest BCUT2D eigenvalue weighted by Gasteiger charge is -2.27. The molecule has 90 valence electrons. The third-order valence-electron chi connectivity index (χ3n) is 2.49. The predicted molar refractivity (Wildman–Crippen MR) is 66.1 cm³/mol. The van der Waals surface area contributed by atoms with Gasteiger partial charge in [-0.05, 0) is 19.9 Å². The molecular weight excluding hydrogens is 188 g/mol. The van der Waals surface area contributed by atoms with Gasteiger partial charge in [-0.1, -0.05) is 19.9 Å². The van der Waals surface area contributed by atoms with Crippen molar-refractivity contribution in [3.05, 3.63) is 12.7 Å². The normalized spacial score (nSPS) is 13.5. The second-order valence-corrected chi connectivity index (χ2v) is 4.25. The fourth-order valence-electron chi connectivity index (χ4n) is 1.55. The van der Waals surface area contributed by atoms with Gasteiger partial charge in [-0.25, -0.2) is 0 Å². The number of nitrogens with zero attached hydrogens (tertiary/aromatic N) is 1. The van der Waals surface area contributed by atoms with E-state index >= 15 is 0 Å². The Balaban J connectivity index is 3.79. The first-order valence-electron chi connectivity index (χ1n) is 5.81. The molecule has 0 amide bonds. The smallest absolute Gasteiger partial charge is 0.0558 e. The fourth-order valence-corrected chi connectivity index (χ4v) is 1.55. The van der Waals surface area contributed by atoms with Crippen LogP contribution in [-0.4, -0.2) is 48.3 Å². The minimum Gasteiger partial charge on any atom is -0.395 e. The quantitative estimate of drug-likeness (QED) is 0.567. The van der Waals surface area contributed by atoms with Gasteiger partial charge < -0.3 is 10.4 Å².